The Hall–Kier alpha value is -2.02. The fourth-order valence-corrected chi connectivity index (χ4v) is 4.91. The Morgan fingerprint density at radius 3 is 2.93 bits per heavy atom. The van der Waals surface area contributed by atoms with Gasteiger partial charge in [0.25, 0.3) is 0 Å². The number of fused-ring (bicyclic) bond motifs is 2. The van der Waals surface area contributed by atoms with E-state index in [9.17, 15) is 0 Å². The van der Waals surface area contributed by atoms with Crippen LogP contribution >= 0.6 is 11.3 Å². The van der Waals surface area contributed by atoms with E-state index in [0.717, 1.165) is 63.3 Å². The van der Waals surface area contributed by atoms with Crippen molar-refractivity contribution in [2.24, 2.45) is 0 Å². The molecule has 0 amide bonds. The lowest BCUT2D eigenvalue weighted by Gasteiger charge is -2.24. The van der Waals surface area contributed by atoms with Gasteiger partial charge in [-0.3, -0.25) is 9.88 Å². The van der Waals surface area contributed by atoms with Gasteiger partial charge < -0.3 is 10.1 Å². The third kappa shape index (κ3) is 3.70. The van der Waals surface area contributed by atoms with Crippen molar-refractivity contribution in [3.8, 4) is 5.75 Å². The van der Waals surface area contributed by atoms with Crippen molar-refractivity contribution in [1.82, 2.24) is 20.2 Å². The van der Waals surface area contributed by atoms with E-state index in [4.69, 9.17) is 9.72 Å². The van der Waals surface area contributed by atoms with Crippen LogP contribution in [0.25, 0.3) is 10.2 Å². The molecule has 1 N–H and O–H groups in total. The molecule has 2 aliphatic rings. The lowest BCUT2D eigenvalue weighted by molar-refractivity contribution is 0.160. The van der Waals surface area contributed by atoms with Crippen molar-refractivity contribution in [3.63, 3.8) is 0 Å². The number of hydrogen-bond acceptors (Lipinski definition) is 6. The van der Waals surface area contributed by atoms with E-state index in [1.165, 1.54) is 21.0 Å². The molecule has 0 radical (unpaired) electrons. The van der Waals surface area contributed by atoms with E-state index in [2.05, 4.69) is 39.5 Å². The number of para-hydroxylation sites is 1. The molecule has 2 aliphatic heterocycles. The lowest BCUT2D eigenvalue weighted by Crippen LogP contribution is -2.34. The van der Waals surface area contributed by atoms with Crippen LogP contribution in [0.4, 0.5) is 0 Å². The molecule has 3 aromatic rings. The molecule has 4 heterocycles. The van der Waals surface area contributed by atoms with Gasteiger partial charge in [0.05, 0.1) is 20.9 Å². The average Bonchev–Trinajstić information content (AvgIpc) is 3.31. The molecule has 5 rings (SSSR count). The highest BCUT2D eigenvalue weighted by Crippen LogP contribution is 2.31. The molecule has 0 bridgehead atoms. The molecular formula is C21H24N4OS. The molecule has 0 atom stereocenters. The van der Waals surface area contributed by atoms with Gasteiger partial charge in [0.2, 0.25) is 0 Å². The van der Waals surface area contributed by atoms with E-state index < -0.39 is 0 Å². The number of nitrogens with one attached hydrogen (secondary N) is 1. The summed E-state index contributed by atoms with van der Waals surface area (Å²) >= 11 is 1.81. The number of ether oxygens (including phenoxy) is 1. The summed E-state index contributed by atoms with van der Waals surface area (Å²) in [6.07, 6.45) is 5.37. The minimum absolute atomic E-state index is 0.328. The average molecular weight is 381 g/mol. The van der Waals surface area contributed by atoms with Crippen LogP contribution < -0.4 is 10.1 Å². The molecule has 1 saturated heterocycles. The van der Waals surface area contributed by atoms with Crippen LogP contribution in [0, 0.1) is 0 Å². The zero-order chi connectivity index (χ0) is 18.1. The first-order chi connectivity index (χ1) is 13.3. The molecule has 140 valence electrons. The molecular weight excluding hydrogens is 356 g/mol. The number of piperidine rings is 1. The fraction of sp³-hybridized carbons (Fsp3) is 0.429. The smallest absolute Gasteiger partial charge is 0.127 e. The summed E-state index contributed by atoms with van der Waals surface area (Å²) in [6.45, 7) is 4.93. The van der Waals surface area contributed by atoms with Crippen LogP contribution in [0.1, 0.15) is 29.1 Å². The molecule has 5 nitrogen and oxygen atoms in total. The molecule has 2 aromatic heterocycles. The molecule has 1 fully saturated rings. The van der Waals surface area contributed by atoms with Crippen molar-refractivity contribution in [3.05, 3.63) is 52.8 Å². The maximum Gasteiger partial charge on any atom is 0.127 e. The first-order valence-corrected chi connectivity index (χ1v) is 10.6. The van der Waals surface area contributed by atoms with Crippen LogP contribution in [0.3, 0.4) is 0 Å². The Kier molecular flexibility index (Phi) is 4.78. The molecule has 0 aliphatic carbocycles. The highest BCUT2D eigenvalue weighted by Gasteiger charge is 2.25. The highest BCUT2D eigenvalue weighted by atomic mass is 32.1. The number of rotatable bonds is 5. The van der Waals surface area contributed by atoms with Crippen LogP contribution in [0.15, 0.2) is 36.5 Å². The first-order valence-electron chi connectivity index (χ1n) is 9.76. The monoisotopic (exact) mass is 380 g/mol. The van der Waals surface area contributed by atoms with Gasteiger partial charge in [0.1, 0.15) is 11.9 Å². The van der Waals surface area contributed by atoms with Crippen LogP contribution in [0.2, 0.25) is 0 Å². The van der Waals surface area contributed by atoms with E-state index in [-0.39, 0.29) is 0 Å². The highest BCUT2D eigenvalue weighted by molar-refractivity contribution is 7.18. The molecule has 1 aromatic carbocycles. The predicted molar refractivity (Wildman–Crippen MR) is 108 cm³/mol. The van der Waals surface area contributed by atoms with Gasteiger partial charge in [0, 0.05) is 37.8 Å². The van der Waals surface area contributed by atoms with Crippen LogP contribution in [-0.2, 0) is 19.5 Å². The Bertz CT molecular complexity index is 902. The summed E-state index contributed by atoms with van der Waals surface area (Å²) in [7, 11) is 0. The Balaban J connectivity index is 1.24. The summed E-state index contributed by atoms with van der Waals surface area (Å²) in [6, 6.07) is 10.4. The largest absolute Gasteiger partial charge is 0.490 e. The maximum atomic E-state index is 6.33. The SMILES string of the molecule is c1ccc2sc(CCN3Cc4nccc(OC5CCNCC5)c4C3)nc2c1. The van der Waals surface area contributed by atoms with Crippen molar-refractivity contribution in [1.29, 1.82) is 0 Å². The van der Waals surface area contributed by atoms with Crippen LogP contribution in [-0.4, -0.2) is 40.6 Å². The van der Waals surface area contributed by atoms with Gasteiger partial charge in [-0.1, -0.05) is 12.1 Å². The third-order valence-electron chi connectivity index (χ3n) is 5.42. The van der Waals surface area contributed by atoms with Crippen molar-refractivity contribution in [2.45, 2.75) is 38.5 Å². The number of pyridine rings is 1. The van der Waals surface area contributed by atoms with Gasteiger partial charge in [0.15, 0.2) is 0 Å². The standard InChI is InChI=1S/C21H24N4OS/c1-2-4-20-17(3-1)24-21(27-20)8-12-25-13-16-18(14-25)23-11-7-19(16)26-15-5-9-22-10-6-15/h1-4,7,11,15,22H,5-6,8-10,12-14H2. The number of nitrogens with zero attached hydrogens (tertiary/aromatic N) is 3. The first kappa shape index (κ1) is 17.1. The van der Waals surface area contributed by atoms with Gasteiger partial charge in [-0.25, -0.2) is 4.98 Å². The van der Waals surface area contributed by atoms with E-state index >= 15 is 0 Å². The van der Waals surface area contributed by atoms with Crippen LogP contribution in [0.5, 0.6) is 5.75 Å². The topological polar surface area (TPSA) is 50.3 Å². The van der Waals surface area contributed by atoms with E-state index in [1.54, 1.807) is 11.3 Å². The third-order valence-corrected chi connectivity index (χ3v) is 6.51. The zero-order valence-corrected chi connectivity index (χ0v) is 16.2. The van der Waals surface area contributed by atoms with Gasteiger partial charge in [-0.05, 0) is 44.1 Å². The second-order valence-electron chi connectivity index (χ2n) is 7.34. The second kappa shape index (κ2) is 7.54. The fourth-order valence-electron chi connectivity index (χ4n) is 3.95. The van der Waals surface area contributed by atoms with Gasteiger partial charge in [-0.2, -0.15) is 0 Å². The molecule has 0 saturated carbocycles. The van der Waals surface area contributed by atoms with Gasteiger partial charge >= 0.3 is 0 Å². The summed E-state index contributed by atoms with van der Waals surface area (Å²) < 4.78 is 7.61. The summed E-state index contributed by atoms with van der Waals surface area (Å²) in [5.41, 5.74) is 3.56. The minimum atomic E-state index is 0.328. The molecule has 27 heavy (non-hydrogen) atoms. The van der Waals surface area contributed by atoms with E-state index in [1.807, 2.05) is 12.3 Å². The quantitative estimate of drug-likeness (QED) is 0.735. The molecule has 0 unspecified atom stereocenters. The second-order valence-corrected chi connectivity index (χ2v) is 8.45. The molecule has 0 spiro atoms. The normalized spacial score (nSPS) is 18.1. The number of thiazole rings is 1. The van der Waals surface area contributed by atoms with Crippen molar-refractivity contribution in [2.75, 3.05) is 19.6 Å². The minimum Gasteiger partial charge on any atom is -0.490 e. The van der Waals surface area contributed by atoms with E-state index in [0.29, 0.717) is 6.10 Å². The number of aromatic nitrogens is 2. The summed E-state index contributed by atoms with van der Waals surface area (Å²) in [5, 5.41) is 4.61. The Morgan fingerprint density at radius 1 is 1.15 bits per heavy atom. The predicted octanol–water partition coefficient (Wildman–Crippen LogP) is 3.38. The zero-order valence-electron chi connectivity index (χ0n) is 15.4. The Labute approximate surface area is 163 Å². The Morgan fingerprint density at radius 2 is 2.04 bits per heavy atom. The van der Waals surface area contributed by atoms with Gasteiger partial charge in [-0.15, -0.1) is 11.3 Å². The number of benzene rings is 1. The van der Waals surface area contributed by atoms with Crippen molar-refractivity contribution < 1.29 is 4.74 Å². The molecule has 6 heteroatoms. The lowest BCUT2D eigenvalue weighted by atomic mass is 10.1. The van der Waals surface area contributed by atoms with Crippen molar-refractivity contribution >= 4 is 21.6 Å². The maximum absolute atomic E-state index is 6.33. The number of hydrogen-bond donors (Lipinski definition) is 1. The summed E-state index contributed by atoms with van der Waals surface area (Å²) in [5.74, 6) is 1.04. The summed E-state index contributed by atoms with van der Waals surface area (Å²) in [4.78, 5) is 11.8.